The van der Waals surface area contributed by atoms with Gasteiger partial charge in [-0.15, -0.1) is 0 Å². The lowest BCUT2D eigenvalue weighted by Crippen LogP contribution is -2.34. The Balaban J connectivity index is 1.16. The molecule has 4 aliphatic rings. The molecule has 2 atom stereocenters. The van der Waals surface area contributed by atoms with E-state index in [0.717, 1.165) is 45.4 Å². The van der Waals surface area contributed by atoms with E-state index in [4.69, 9.17) is 4.42 Å². The normalized spacial score (nSPS) is 18.5. The zero-order chi connectivity index (χ0) is 42.5. The third-order valence-corrected chi connectivity index (χ3v) is 16.4. The molecule has 0 saturated carbocycles. The van der Waals surface area contributed by atoms with Gasteiger partial charge in [-0.05, 0) is 129 Å². The summed E-state index contributed by atoms with van der Waals surface area (Å²) in [6.45, 7) is 0. The first-order chi connectivity index (χ1) is 31.4. The minimum atomic E-state index is -0.952. The van der Waals surface area contributed by atoms with Gasteiger partial charge in [-0.3, -0.25) is 0 Å². The number of fused-ring (bicyclic) bond motifs is 18. The van der Waals surface area contributed by atoms with E-state index in [-0.39, 0.29) is 5.92 Å². The molecule has 1 aliphatic heterocycles. The summed E-state index contributed by atoms with van der Waals surface area (Å²) < 4.78 is 9.47. The second kappa shape index (κ2) is 12.9. The topological polar surface area (TPSA) is 21.3 Å². The van der Waals surface area contributed by atoms with Crippen molar-refractivity contribution in [2.24, 2.45) is 5.92 Å². The highest BCUT2D eigenvalue weighted by Crippen LogP contribution is 2.65. The summed E-state index contributed by atoms with van der Waals surface area (Å²) in [6.07, 6.45) is 19.9. The lowest BCUT2D eigenvalue weighted by Gasteiger charge is -2.41. The molecule has 0 N–H and O–H groups in total. The van der Waals surface area contributed by atoms with Crippen molar-refractivity contribution in [2.45, 2.75) is 16.7 Å². The first-order valence-electron chi connectivity index (χ1n) is 22.4. The Morgan fingerprint density at radius 3 is 2.17 bits per heavy atom. The molecule has 0 amide bonds. The van der Waals surface area contributed by atoms with Gasteiger partial charge in [-0.2, -0.15) is 0 Å². The fourth-order valence-electron chi connectivity index (χ4n) is 12.1. The largest absolute Gasteiger partial charge is 0.454 e. The number of furan rings is 1. The standard InChI is InChI=1S/C60H44N2OS/c1-64(2,3)39-33-31-38(32-34-39)61(53-28-15-23-46-43-20-9-13-29-55(43)63-59(46)53)54-36-50-57(44-21-7-6-18-41(44)54)56-40-17-5-4-16-37(40)30-35-48(56)60(50)47-24-10-12-27-52(47)62-51-26-11-8-19-42(51)45-22-14-25-49(60)58(45)62/h4-16,18-36,40H,17H2,1-3H3. The van der Waals surface area contributed by atoms with Gasteiger partial charge in [-0.1, -0.05) is 140 Å². The number of para-hydroxylation sites is 5. The smallest absolute Gasteiger partial charge is 0.159 e. The van der Waals surface area contributed by atoms with Crippen molar-refractivity contribution in [1.82, 2.24) is 4.57 Å². The molecular formula is C60H44N2OS. The molecule has 3 aliphatic carbocycles. The first kappa shape index (κ1) is 36.2. The van der Waals surface area contributed by atoms with Crippen LogP contribution in [-0.4, -0.2) is 23.3 Å². The summed E-state index contributed by atoms with van der Waals surface area (Å²) in [5.41, 5.74) is 17.8. The fourth-order valence-corrected chi connectivity index (χ4v) is 13.0. The maximum atomic E-state index is 6.92. The van der Waals surface area contributed by atoms with Gasteiger partial charge < -0.3 is 13.9 Å². The van der Waals surface area contributed by atoms with Crippen molar-refractivity contribution in [1.29, 1.82) is 0 Å². The van der Waals surface area contributed by atoms with Crippen molar-refractivity contribution in [2.75, 3.05) is 23.7 Å². The van der Waals surface area contributed by atoms with Gasteiger partial charge >= 0.3 is 0 Å². The number of rotatable bonds is 4. The summed E-state index contributed by atoms with van der Waals surface area (Å²) in [6, 6.07) is 61.5. The van der Waals surface area contributed by atoms with Crippen molar-refractivity contribution in [3.05, 3.63) is 228 Å². The van der Waals surface area contributed by atoms with Gasteiger partial charge in [0.1, 0.15) is 5.58 Å². The van der Waals surface area contributed by atoms with Crippen LogP contribution in [-0.2, 0) is 5.41 Å². The number of nitrogens with zero attached hydrogens (tertiary/aromatic N) is 2. The molecule has 10 aromatic rings. The Labute approximate surface area is 373 Å². The van der Waals surface area contributed by atoms with Gasteiger partial charge in [0.05, 0.1) is 33.5 Å². The van der Waals surface area contributed by atoms with Crippen LogP contribution in [0.15, 0.2) is 215 Å². The van der Waals surface area contributed by atoms with E-state index in [1.54, 1.807) is 0 Å². The Bertz CT molecular complexity index is 3810. The zero-order valence-corrected chi connectivity index (χ0v) is 36.8. The molecule has 64 heavy (non-hydrogen) atoms. The average molecular weight is 841 g/mol. The van der Waals surface area contributed by atoms with Crippen LogP contribution in [0.4, 0.5) is 17.1 Å². The van der Waals surface area contributed by atoms with Crippen LogP contribution < -0.4 is 4.90 Å². The molecule has 3 nitrogen and oxygen atoms in total. The van der Waals surface area contributed by atoms with Crippen molar-refractivity contribution >= 4 is 87.2 Å². The summed E-state index contributed by atoms with van der Waals surface area (Å²) >= 11 is 0. The Kier molecular flexibility index (Phi) is 7.31. The molecule has 2 aromatic heterocycles. The van der Waals surface area contributed by atoms with Crippen LogP contribution in [0, 0.1) is 5.92 Å². The summed E-state index contributed by atoms with van der Waals surface area (Å²) in [5, 5.41) is 7.30. The molecule has 3 heterocycles. The maximum absolute atomic E-state index is 6.92. The van der Waals surface area contributed by atoms with E-state index < -0.39 is 15.4 Å². The highest BCUT2D eigenvalue weighted by atomic mass is 32.3. The number of aromatic nitrogens is 1. The average Bonchev–Trinajstić information content (AvgIpc) is 3.99. The number of allylic oxidation sites excluding steroid dienone is 8. The van der Waals surface area contributed by atoms with Crippen LogP contribution in [0.2, 0.25) is 0 Å². The van der Waals surface area contributed by atoms with Crippen molar-refractivity contribution in [3.8, 4) is 5.69 Å². The second-order valence-electron chi connectivity index (χ2n) is 18.6. The van der Waals surface area contributed by atoms with E-state index >= 15 is 0 Å². The molecule has 0 radical (unpaired) electrons. The van der Waals surface area contributed by atoms with Crippen LogP contribution in [0.3, 0.4) is 0 Å². The number of hydrogen-bond acceptors (Lipinski definition) is 2. The van der Waals surface area contributed by atoms with E-state index in [0.29, 0.717) is 0 Å². The third-order valence-electron chi connectivity index (χ3n) is 14.7. The molecule has 4 heteroatoms. The Morgan fingerprint density at radius 1 is 0.609 bits per heavy atom. The van der Waals surface area contributed by atoms with E-state index in [9.17, 15) is 0 Å². The zero-order valence-electron chi connectivity index (χ0n) is 36.0. The van der Waals surface area contributed by atoms with Gasteiger partial charge in [0.2, 0.25) is 0 Å². The quantitative estimate of drug-likeness (QED) is 0.176. The van der Waals surface area contributed by atoms with Crippen LogP contribution >= 0.6 is 10.0 Å². The molecule has 306 valence electrons. The molecule has 8 aromatic carbocycles. The lowest BCUT2D eigenvalue weighted by molar-refractivity contribution is 0.669. The van der Waals surface area contributed by atoms with Crippen molar-refractivity contribution < 1.29 is 4.42 Å². The molecule has 14 rings (SSSR count). The fraction of sp³-hybridized carbons (Fsp3) is 0.100. The monoisotopic (exact) mass is 840 g/mol. The molecule has 0 saturated heterocycles. The molecule has 0 bridgehead atoms. The van der Waals surface area contributed by atoms with E-state index in [1.165, 1.54) is 82.1 Å². The Hall–Kier alpha value is -7.27. The summed E-state index contributed by atoms with van der Waals surface area (Å²) in [5.74, 6) is 0.240. The van der Waals surface area contributed by atoms with Crippen LogP contribution in [0.1, 0.15) is 28.7 Å². The number of benzene rings is 8. The molecule has 0 fully saturated rings. The van der Waals surface area contributed by atoms with E-state index in [1.807, 2.05) is 0 Å². The SMILES string of the molecule is CS(C)(C)c1ccc(N(c2cc3c(c4ccccc24)C2=C(C=CC4=CC=CCC42)C32c3ccccc3-n3c4ccccc4c4cccc2c43)c2cccc3c2oc2ccccc23)cc1. The van der Waals surface area contributed by atoms with Gasteiger partial charge in [0.25, 0.3) is 0 Å². The highest BCUT2D eigenvalue weighted by Gasteiger charge is 2.54. The summed E-state index contributed by atoms with van der Waals surface area (Å²) in [4.78, 5) is 3.88. The molecular weight excluding hydrogens is 797 g/mol. The maximum Gasteiger partial charge on any atom is 0.159 e. The minimum Gasteiger partial charge on any atom is -0.454 e. The predicted octanol–water partition coefficient (Wildman–Crippen LogP) is 15.8. The molecule has 2 unspecified atom stereocenters. The van der Waals surface area contributed by atoms with Gasteiger partial charge in [0.15, 0.2) is 5.58 Å². The van der Waals surface area contributed by atoms with Gasteiger partial charge in [-0.25, -0.2) is 10.0 Å². The van der Waals surface area contributed by atoms with Gasteiger partial charge in [0, 0.05) is 38.5 Å². The highest BCUT2D eigenvalue weighted by molar-refractivity contribution is 8.32. The Morgan fingerprint density at radius 2 is 1.31 bits per heavy atom. The van der Waals surface area contributed by atoms with Crippen molar-refractivity contribution in [3.63, 3.8) is 0 Å². The molecule has 1 spiro atoms. The van der Waals surface area contributed by atoms with E-state index in [2.05, 4.69) is 222 Å². The minimum absolute atomic E-state index is 0.240. The number of hydrogen-bond donors (Lipinski definition) is 0. The second-order valence-corrected chi connectivity index (χ2v) is 22.8. The first-order valence-corrected chi connectivity index (χ1v) is 25.2. The predicted molar refractivity (Wildman–Crippen MR) is 272 cm³/mol. The summed E-state index contributed by atoms with van der Waals surface area (Å²) in [7, 11) is -0.952. The van der Waals surface area contributed by atoms with Crippen LogP contribution in [0.5, 0.6) is 0 Å². The van der Waals surface area contributed by atoms with Crippen LogP contribution in [0.25, 0.3) is 65.8 Å². The third kappa shape index (κ3) is 4.63. The lowest BCUT2D eigenvalue weighted by atomic mass is 9.63. The number of anilines is 3.